The smallest absolute Gasteiger partial charge is 0.259 e. The van der Waals surface area contributed by atoms with Crippen LogP contribution in [0.5, 0.6) is 0 Å². The molecule has 3 aromatic heterocycles. The van der Waals surface area contributed by atoms with Gasteiger partial charge in [-0.2, -0.15) is 0 Å². The Bertz CT molecular complexity index is 1290. The van der Waals surface area contributed by atoms with Crippen LogP contribution in [0.1, 0.15) is 21.6 Å². The van der Waals surface area contributed by atoms with Crippen LogP contribution in [-0.4, -0.2) is 24.5 Å². The van der Waals surface area contributed by atoms with E-state index in [-0.39, 0.29) is 11.7 Å². The van der Waals surface area contributed by atoms with Crippen LogP contribution in [0.4, 0.5) is 5.69 Å². The van der Waals surface area contributed by atoms with E-state index in [4.69, 9.17) is 9.66 Å². The number of nitrogens with zero attached hydrogens (tertiary/aromatic N) is 2. The molecule has 4 aromatic rings. The SMILES string of the molecule is Cc1noc2nc(-c3cccs3)cc(C(=O)Nc3ccc(CS(N)(=O)=O)cc3)c12. The molecule has 0 atom stereocenters. The quantitative estimate of drug-likeness (QED) is 0.502. The first-order valence-corrected chi connectivity index (χ1v) is 11.1. The fraction of sp³-hybridized carbons (Fsp3) is 0.105. The average Bonchev–Trinajstić information content (AvgIpc) is 3.32. The third-order valence-corrected chi connectivity index (χ3v) is 5.84. The van der Waals surface area contributed by atoms with Gasteiger partial charge in [-0.05, 0) is 42.1 Å². The second kappa shape index (κ2) is 7.39. The fourth-order valence-corrected chi connectivity index (χ4v) is 4.28. The first-order valence-electron chi connectivity index (χ1n) is 8.52. The summed E-state index contributed by atoms with van der Waals surface area (Å²) >= 11 is 1.51. The highest BCUT2D eigenvalue weighted by molar-refractivity contribution is 7.88. The van der Waals surface area contributed by atoms with E-state index in [0.717, 1.165) is 4.88 Å². The number of nitrogens with one attached hydrogen (secondary N) is 1. The van der Waals surface area contributed by atoms with E-state index in [0.29, 0.717) is 39.3 Å². The van der Waals surface area contributed by atoms with Gasteiger partial charge >= 0.3 is 0 Å². The molecule has 0 bridgehead atoms. The minimum Gasteiger partial charge on any atom is -0.335 e. The van der Waals surface area contributed by atoms with Gasteiger partial charge in [0.25, 0.3) is 11.6 Å². The number of amides is 1. The summed E-state index contributed by atoms with van der Waals surface area (Å²) in [4.78, 5) is 18.4. The van der Waals surface area contributed by atoms with Crippen molar-refractivity contribution in [3.63, 3.8) is 0 Å². The van der Waals surface area contributed by atoms with Crippen LogP contribution >= 0.6 is 11.3 Å². The molecule has 0 spiro atoms. The molecule has 10 heteroatoms. The topological polar surface area (TPSA) is 128 Å². The van der Waals surface area contributed by atoms with Crippen molar-refractivity contribution < 1.29 is 17.7 Å². The van der Waals surface area contributed by atoms with E-state index < -0.39 is 10.0 Å². The number of benzene rings is 1. The van der Waals surface area contributed by atoms with Gasteiger partial charge in [0.1, 0.15) is 0 Å². The Hall–Kier alpha value is -3.08. The van der Waals surface area contributed by atoms with E-state index >= 15 is 0 Å². The van der Waals surface area contributed by atoms with Crippen LogP contribution in [-0.2, 0) is 15.8 Å². The van der Waals surface area contributed by atoms with Gasteiger partial charge in [0.15, 0.2) is 0 Å². The number of hydrogen-bond donors (Lipinski definition) is 2. The first-order chi connectivity index (χ1) is 13.8. The summed E-state index contributed by atoms with van der Waals surface area (Å²) in [5.41, 5.74) is 2.93. The number of sulfonamides is 1. The van der Waals surface area contributed by atoms with E-state index in [1.165, 1.54) is 11.3 Å². The van der Waals surface area contributed by atoms with Crippen LogP contribution in [0.3, 0.4) is 0 Å². The zero-order chi connectivity index (χ0) is 20.6. The van der Waals surface area contributed by atoms with Gasteiger partial charge in [-0.15, -0.1) is 11.3 Å². The van der Waals surface area contributed by atoms with E-state index in [2.05, 4.69) is 15.5 Å². The molecule has 0 aliphatic carbocycles. The Balaban J connectivity index is 1.67. The van der Waals surface area contributed by atoms with Gasteiger partial charge in [0.05, 0.1) is 33.0 Å². The van der Waals surface area contributed by atoms with Gasteiger partial charge < -0.3 is 9.84 Å². The lowest BCUT2D eigenvalue weighted by molar-refractivity contribution is 0.102. The number of aromatic nitrogens is 2. The van der Waals surface area contributed by atoms with Gasteiger partial charge in [-0.1, -0.05) is 23.4 Å². The number of nitrogens with two attached hydrogens (primary N) is 1. The maximum atomic E-state index is 13.0. The molecule has 0 unspecified atom stereocenters. The molecule has 29 heavy (non-hydrogen) atoms. The van der Waals surface area contributed by atoms with Crippen LogP contribution in [0, 0.1) is 6.92 Å². The van der Waals surface area contributed by atoms with Crippen molar-refractivity contribution in [2.75, 3.05) is 5.32 Å². The van der Waals surface area contributed by atoms with Crippen molar-refractivity contribution in [1.29, 1.82) is 0 Å². The minimum atomic E-state index is -3.62. The number of primary sulfonamides is 1. The zero-order valence-corrected chi connectivity index (χ0v) is 16.9. The molecule has 1 amide bonds. The molecule has 0 saturated heterocycles. The molecule has 3 N–H and O–H groups in total. The number of carbonyl (C=O) groups is 1. The zero-order valence-electron chi connectivity index (χ0n) is 15.2. The average molecular weight is 428 g/mol. The van der Waals surface area contributed by atoms with E-state index in [1.54, 1.807) is 37.3 Å². The maximum Gasteiger partial charge on any atom is 0.259 e. The highest BCUT2D eigenvalue weighted by Crippen LogP contribution is 2.30. The molecule has 4 rings (SSSR count). The Labute approximate surface area is 170 Å². The number of thiophene rings is 1. The van der Waals surface area contributed by atoms with Crippen molar-refractivity contribution in [2.45, 2.75) is 12.7 Å². The summed E-state index contributed by atoms with van der Waals surface area (Å²) in [5.74, 6) is -0.614. The predicted octanol–water partition coefficient (Wildman–Crippen LogP) is 3.30. The summed E-state index contributed by atoms with van der Waals surface area (Å²) in [7, 11) is -3.62. The number of pyridine rings is 1. The molecule has 0 aliphatic heterocycles. The predicted molar refractivity (Wildman–Crippen MR) is 111 cm³/mol. The largest absolute Gasteiger partial charge is 0.335 e. The summed E-state index contributed by atoms with van der Waals surface area (Å²) in [6, 6.07) is 12.0. The summed E-state index contributed by atoms with van der Waals surface area (Å²) in [6.07, 6.45) is 0. The Morgan fingerprint density at radius 3 is 2.66 bits per heavy atom. The molecule has 0 aliphatic rings. The number of hydrogen-bond acceptors (Lipinski definition) is 7. The highest BCUT2D eigenvalue weighted by atomic mass is 32.2. The molecule has 0 fully saturated rings. The van der Waals surface area contributed by atoms with Crippen molar-refractivity contribution in [2.24, 2.45) is 5.14 Å². The van der Waals surface area contributed by atoms with E-state index in [9.17, 15) is 13.2 Å². The van der Waals surface area contributed by atoms with Gasteiger partial charge in [0, 0.05) is 5.69 Å². The Morgan fingerprint density at radius 2 is 2.00 bits per heavy atom. The van der Waals surface area contributed by atoms with E-state index in [1.807, 2.05) is 17.5 Å². The van der Waals surface area contributed by atoms with Crippen molar-refractivity contribution >= 4 is 44.1 Å². The number of carbonyl (C=O) groups excluding carboxylic acids is 1. The van der Waals surface area contributed by atoms with Crippen LogP contribution in [0.2, 0.25) is 0 Å². The molecular weight excluding hydrogens is 412 g/mol. The van der Waals surface area contributed by atoms with Crippen molar-refractivity contribution in [1.82, 2.24) is 10.1 Å². The van der Waals surface area contributed by atoms with Crippen LogP contribution in [0.15, 0.2) is 52.4 Å². The van der Waals surface area contributed by atoms with Gasteiger partial charge in [0.2, 0.25) is 10.0 Å². The molecule has 3 heterocycles. The summed E-state index contributed by atoms with van der Waals surface area (Å²) in [5, 5.41) is 14.3. The second-order valence-corrected chi connectivity index (χ2v) is 9.00. The number of rotatable bonds is 5. The van der Waals surface area contributed by atoms with Crippen molar-refractivity contribution in [3.05, 3.63) is 64.7 Å². The number of aryl methyl sites for hydroxylation is 1. The monoisotopic (exact) mass is 428 g/mol. The normalized spacial score (nSPS) is 11.7. The fourth-order valence-electron chi connectivity index (χ4n) is 2.94. The number of anilines is 1. The molecule has 1 aromatic carbocycles. The second-order valence-electron chi connectivity index (χ2n) is 6.44. The first kappa shape index (κ1) is 19.2. The molecule has 8 nitrogen and oxygen atoms in total. The Kier molecular flexibility index (Phi) is 4.91. The third-order valence-electron chi connectivity index (χ3n) is 4.22. The van der Waals surface area contributed by atoms with Gasteiger partial charge in [-0.3, -0.25) is 4.79 Å². The summed E-state index contributed by atoms with van der Waals surface area (Å²) < 4.78 is 27.7. The molecule has 0 radical (unpaired) electrons. The van der Waals surface area contributed by atoms with Crippen LogP contribution in [0.25, 0.3) is 21.7 Å². The lowest BCUT2D eigenvalue weighted by Crippen LogP contribution is -2.15. The molecule has 0 saturated carbocycles. The highest BCUT2D eigenvalue weighted by Gasteiger charge is 2.20. The molecule has 148 valence electrons. The third kappa shape index (κ3) is 4.19. The van der Waals surface area contributed by atoms with Crippen LogP contribution < -0.4 is 10.5 Å². The maximum absolute atomic E-state index is 13.0. The summed E-state index contributed by atoms with van der Waals surface area (Å²) in [6.45, 7) is 1.75. The number of fused-ring (bicyclic) bond motifs is 1. The van der Waals surface area contributed by atoms with Gasteiger partial charge in [-0.25, -0.2) is 18.5 Å². The Morgan fingerprint density at radius 1 is 1.24 bits per heavy atom. The molecular formula is C19H16N4O4S2. The lowest BCUT2D eigenvalue weighted by Gasteiger charge is -2.08. The van der Waals surface area contributed by atoms with Crippen molar-refractivity contribution in [3.8, 4) is 10.6 Å². The standard InChI is InChI=1S/C19H16N4O4S2/c1-11-17-14(9-15(16-3-2-8-28-16)22-19(17)27-23-11)18(24)21-13-6-4-12(5-7-13)10-29(20,25)26/h2-9H,10H2,1H3,(H,21,24)(H2,20,25,26). The lowest BCUT2D eigenvalue weighted by atomic mass is 10.1. The minimum absolute atomic E-state index is 0.268.